The van der Waals surface area contributed by atoms with Crippen molar-refractivity contribution in [2.75, 3.05) is 13.1 Å². The largest absolute Gasteiger partial charge is 0.389 e. The minimum absolute atomic E-state index is 0.158. The first-order valence-electron chi connectivity index (χ1n) is 9.67. The number of aryl methyl sites for hydroxylation is 1. The lowest BCUT2D eigenvalue weighted by molar-refractivity contribution is -0.0168. The minimum atomic E-state index is -1.03. The number of pyridine rings is 1. The molecule has 1 aromatic heterocycles. The molecule has 6 heteroatoms. The Kier molecular flexibility index (Phi) is 5.04. The second kappa shape index (κ2) is 7.52. The first-order valence-corrected chi connectivity index (χ1v) is 9.67. The van der Waals surface area contributed by atoms with Crippen molar-refractivity contribution in [1.82, 2.24) is 9.88 Å². The molecule has 1 aliphatic rings. The van der Waals surface area contributed by atoms with Gasteiger partial charge in [0.05, 0.1) is 22.4 Å². The predicted molar refractivity (Wildman–Crippen MR) is 107 cm³/mol. The van der Waals surface area contributed by atoms with Crippen LogP contribution in [0.4, 0.5) is 8.78 Å². The number of benzene rings is 2. The smallest absolute Gasteiger partial charge is 0.255 e. The number of hydrogen-bond acceptors (Lipinski definition) is 3. The van der Waals surface area contributed by atoms with E-state index in [4.69, 9.17) is 0 Å². The lowest BCUT2D eigenvalue weighted by atomic mass is 9.85. The van der Waals surface area contributed by atoms with Crippen LogP contribution in [0.1, 0.15) is 34.5 Å². The number of carbonyl (C=O) groups excluding carboxylic acids is 1. The van der Waals surface area contributed by atoms with Crippen LogP contribution in [0.25, 0.3) is 10.9 Å². The van der Waals surface area contributed by atoms with Gasteiger partial charge < -0.3 is 10.0 Å². The first kappa shape index (κ1) is 19.5. The van der Waals surface area contributed by atoms with Gasteiger partial charge >= 0.3 is 0 Å². The summed E-state index contributed by atoms with van der Waals surface area (Å²) in [6.07, 6.45) is 0.973. The molecule has 1 amide bonds. The number of aromatic nitrogens is 1. The molecule has 29 heavy (non-hydrogen) atoms. The van der Waals surface area contributed by atoms with Crippen LogP contribution in [-0.2, 0) is 6.42 Å². The topological polar surface area (TPSA) is 53.4 Å². The lowest BCUT2D eigenvalue weighted by Gasteiger charge is -2.38. The van der Waals surface area contributed by atoms with Crippen molar-refractivity contribution in [2.24, 2.45) is 0 Å². The predicted octanol–water partition coefficient (Wildman–Crippen LogP) is 4.03. The molecule has 0 bridgehead atoms. The molecular weight excluding hydrogens is 374 g/mol. The molecule has 0 unspecified atom stereocenters. The maximum Gasteiger partial charge on any atom is 0.255 e. The number of rotatable bonds is 3. The van der Waals surface area contributed by atoms with E-state index in [9.17, 15) is 18.7 Å². The monoisotopic (exact) mass is 396 g/mol. The molecule has 150 valence electrons. The Balaban J connectivity index is 1.49. The van der Waals surface area contributed by atoms with Crippen LogP contribution in [0.15, 0.2) is 48.5 Å². The molecule has 3 aromatic rings. The van der Waals surface area contributed by atoms with Gasteiger partial charge in [0.15, 0.2) is 0 Å². The van der Waals surface area contributed by atoms with Crippen LogP contribution in [0.2, 0.25) is 0 Å². The molecule has 1 N–H and O–H groups in total. The van der Waals surface area contributed by atoms with E-state index < -0.39 is 5.60 Å². The molecule has 0 aliphatic carbocycles. The third kappa shape index (κ3) is 3.98. The van der Waals surface area contributed by atoms with Crippen molar-refractivity contribution in [3.8, 4) is 0 Å². The summed E-state index contributed by atoms with van der Waals surface area (Å²) in [6, 6.07) is 12.5. The molecule has 2 heterocycles. The number of nitrogens with zero attached hydrogens (tertiary/aromatic N) is 2. The Morgan fingerprint density at radius 2 is 1.86 bits per heavy atom. The molecule has 4 rings (SSSR count). The van der Waals surface area contributed by atoms with E-state index in [0.29, 0.717) is 53.7 Å². The van der Waals surface area contributed by atoms with Gasteiger partial charge in [-0.3, -0.25) is 9.78 Å². The van der Waals surface area contributed by atoms with E-state index >= 15 is 0 Å². The highest BCUT2D eigenvalue weighted by molar-refractivity contribution is 5.98. The van der Waals surface area contributed by atoms with Gasteiger partial charge in [-0.25, -0.2) is 8.78 Å². The van der Waals surface area contributed by atoms with Gasteiger partial charge in [0.1, 0.15) is 11.6 Å². The molecular formula is C23H22F2N2O2. The van der Waals surface area contributed by atoms with Gasteiger partial charge in [0.25, 0.3) is 5.91 Å². The average Bonchev–Trinajstić information content (AvgIpc) is 2.69. The Morgan fingerprint density at radius 3 is 2.59 bits per heavy atom. The quantitative estimate of drug-likeness (QED) is 0.727. The van der Waals surface area contributed by atoms with Crippen LogP contribution in [0.5, 0.6) is 0 Å². The van der Waals surface area contributed by atoms with Gasteiger partial charge in [0, 0.05) is 31.0 Å². The average molecular weight is 396 g/mol. The fraction of sp³-hybridized carbons (Fsp3) is 0.304. The summed E-state index contributed by atoms with van der Waals surface area (Å²) in [7, 11) is 0. The number of carbonyl (C=O) groups is 1. The van der Waals surface area contributed by atoms with Crippen molar-refractivity contribution in [3.05, 3.63) is 77.0 Å². The Bertz CT molecular complexity index is 1080. The molecule has 1 aliphatic heterocycles. The summed E-state index contributed by atoms with van der Waals surface area (Å²) in [6.45, 7) is 2.49. The number of piperidine rings is 1. The summed E-state index contributed by atoms with van der Waals surface area (Å²) >= 11 is 0. The first-order chi connectivity index (χ1) is 13.8. The third-order valence-electron chi connectivity index (χ3n) is 5.66. The molecule has 0 spiro atoms. The number of fused-ring (bicyclic) bond motifs is 1. The van der Waals surface area contributed by atoms with E-state index in [1.165, 1.54) is 18.2 Å². The maximum absolute atomic E-state index is 13.9. The molecule has 0 radical (unpaired) electrons. The second-order valence-electron chi connectivity index (χ2n) is 7.74. The Morgan fingerprint density at radius 1 is 1.14 bits per heavy atom. The number of amides is 1. The zero-order valence-electron chi connectivity index (χ0n) is 16.2. The van der Waals surface area contributed by atoms with Gasteiger partial charge in [-0.2, -0.15) is 0 Å². The molecule has 1 fully saturated rings. The number of aliphatic hydroxyl groups is 1. The van der Waals surface area contributed by atoms with Crippen LogP contribution >= 0.6 is 0 Å². The molecule has 1 saturated heterocycles. The van der Waals surface area contributed by atoms with Crippen molar-refractivity contribution < 1.29 is 18.7 Å². The standard InChI is InChI=1S/C23H22F2N2O2/c1-15-19(12-16-6-7-18(24)13-21(16)26-15)22(28)27-10-8-23(29,9-11-27)14-17-4-2-3-5-20(17)25/h2-7,12-13,29H,8-11,14H2,1H3. The highest BCUT2D eigenvalue weighted by atomic mass is 19.1. The van der Waals surface area contributed by atoms with Crippen LogP contribution < -0.4 is 0 Å². The van der Waals surface area contributed by atoms with E-state index in [2.05, 4.69) is 4.98 Å². The highest BCUT2D eigenvalue weighted by Crippen LogP contribution is 2.29. The molecule has 2 aromatic carbocycles. The van der Waals surface area contributed by atoms with Crippen LogP contribution in [0, 0.1) is 18.6 Å². The summed E-state index contributed by atoms with van der Waals surface area (Å²) in [5.74, 6) is -0.850. The van der Waals surface area contributed by atoms with Crippen molar-refractivity contribution in [1.29, 1.82) is 0 Å². The Hall–Kier alpha value is -2.86. The van der Waals surface area contributed by atoms with Gasteiger partial charge in [-0.05, 0) is 49.6 Å². The van der Waals surface area contributed by atoms with E-state index in [1.807, 2.05) is 0 Å². The maximum atomic E-state index is 13.9. The summed E-state index contributed by atoms with van der Waals surface area (Å²) < 4.78 is 27.3. The lowest BCUT2D eigenvalue weighted by Crippen LogP contribution is -2.48. The van der Waals surface area contributed by atoms with Crippen molar-refractivity contribution >= 4 is 16.8 Å². The fourth-order valence-electron chi connectivity index (χ4n) is 3.92. The van der Waals surface area contributed by atoms with Crippen LogP contribution in [-0.4, -0.2) is 39.6 Å². The zero-order valence-corrected chi connectivity index (χ0v) is 16.2. The SMILES string of the molecule is Cc1nc2cc(F)ccc2cc1C(=O)N1CCC(O)(Cc2ccccc2F)CC1. The third-order valence-corrected chi connectivity index (χ3v) is 5.66. The highest BCUT2D eigenvalue weighted by Gasteiger charge is 2.35. The molecule has 4 nitrogen and oxygen atoms in total. The van der Waals surface area contributed by atoms with Gasteiger partial charge in [-0.1, -0.05) is 18.2 Å². The number of likely N-dealkylation sites (tertiary alicyclic amines) is 1. The molecule has 0 atom stereocenters. The van der Waals surface area contributed by atoms with E-state index in [1.54, 1.807) is 42.2 Å². The van der Waals surface area contributed by atoms with Gasteiger partial charge in [-0.15, -0.1) is 0 Å². The minimum Gasteiger partial charge on any atom is -0.389 e. The number of hydrogen-bond donors (Lipinski definition) is 1. The van der Waals surface area contributed by atoms with E-state index in [0.717, 1.165) is 0 Å². The summed E-state index contributed by atoms with van der Waals surface area (Å²) in [4.78, 5) is 19.1. The van der Waals surface area contributed by atoms with Crippen molar-refractivity contribution in [2.45, 2.75) is 31.8 Å². The Labute approximate surface area is 167 Å². The fourth-order valence-corrected chi connectivity index (χ4v) is 3.92. The molecule has 0 saturated carbocycles. The van der Waals surface area contributed by atoms with Gasteiger partial charge in [0.2, 0.25) is 0 Å². The normalized spacial score (nSPS) is 16.2. The summed E-state index contributed by atoms with van der Waals surface area (Å²) in [5, 5.41) is 11.6. The number of halogens is 2. The zero-order chi connectivity index (χ0) is 20.6. The van der Waals surface area contributed by atoms with E-state index in [-0.39, 0.29) is 24.0 Å². The summed E-state index contributed by atoms with van der Waals surface area (Å²) in [5.41, 5.74) is 0.977. The second-order valence-corrected chi connectivity index (χ2v) is 7.74. The van der Waals surface area contributed by atoms with Crippen LogP contribution in [0.3, 0.4) is 0 Å². The van der Waals surface area contributed by atoms with Crippen molar-refractivity contribution in [3.63, 3.8) is 0 Å².